The highest BCUT2D eigenvalue weighted by molar-refractivity contribution is 5.99. The van der Waals surface area contributed by atoms with Gasteiger partial charge in [0.25, 0.3) is 5.91 Å². The van der Waals surface area contributed by atoms with Gasteiger partial charge >= 0.3 is 0 Å². The van der Waals surface area contributed by atoms with Crippen molar-refractivity contribution in [2.24, 2.45) is 0 Å². The first-order valence-corrected chi connectivity index (χ1v) is 9.76. The summed E-state index contributed by atoms with van der Waals surface area (Å²) < 4.78 is 27.1. The van der Waals surface area contributed by atoms with E-state index in [-0.39, 0.29) is 17.9 Å². The Kier molecular flexibility index (Phi) is 5.55. The maximum Gasteiger partial charge on any atom is 0.256 e. The van der Waals surface area contributed by atoms with Crippen LogP contribution in [0.25, 0.3) is 11.3 Å². The molecule has 0 bridgehead atoms. The Balaban J connectivity index is 1.48. The van der Waals surface area contributed by atoms with Crippen LogP contribution in [-0.4, -0.2) is 44.6 Å². The molecule has 1 aliphatic rings. The fraction of sp³-hybridized carbons (Fsp3) is 0.261. The molecule has 0 spiro atoms. The van der Waals surface area contributed by atoms with E-state index in [1.54, 1.807) is 47.8 Å². The lowest BCUT2D eigenvalue weighted by atomic mass is 9.85. The van der Waals surface area contributed by atoms with E-state index in [1.807, 2.05) is 0 Å². The van der Waals surface area contributed by atoms with Gasteiger partial charge in [0.15, 0.2) is 0 Å². The predicted molar refractivity (Wildman–Crippen MR) is 108 cm³/mol. The van der Waals surface area contributed by atoms with Crippen LogP contribution in [0.4, 0.5) is 8.78 Å². The molecule has 0 unspecified atom stereocenters. The number of carbonyl (C=O) groups excluding carboxylic acids is 1. The summed E-state index contributed by atoms with van der Waals surface area (Å²) in [4.78, 5) is 23.2. The monoisotopic (exact) mass is 409 g/mol. The highest BCUT2D eigenvalue weighted by Crippen LogP contribution is 2.29. The second-order valence-electron chi connectivity index (χ2n) is 7.56. The Morgan fingerprint density at radius 3 is 2.50 bits per heavy atom. The van der Waals surface area contributed by atoms with Gasteiger partial charge in [-0.1, -0.05) is 6.07 Å². The van der Waals surface area contributed by atoms with Gasteiger partial charge in [-0.2, -0.15) is 0 Å². The standard InChI is InChI=1S/C23H21F2N3O2/c24-18-4-3-17(20(25)14-18)15-23(30)7-12-28(13-8-23)22(29)19-2-1-9-27-21(19)16-5-10-26-11-6-16/h1-6,9-11,14,30H,7-8,12-13,15H2. The molecule has 1 aliphatic heterocycles. The van der Waals surface area contributed by atoms with Crippen LogP contribution in [0.15, 0.2) is 61.1 Å². The third kappa shape index (κ3) is 4.21. The van der Waals surface area contributed by atoms with Crippen LogP contribution < -0.4 is 0 Å². The lowest BCUT2D eigenvalue weighted by Gasteiger charge is -2.38. The molecule has 0 radical (unpaired) electrons. The zero-order valence-electron chi connectivity index (χ0n) is 16.3. The number of aliphatic hydroxyl groups is 1. The van der Waals surface area contributed by atoms with E-state index in [2.05, 4.69) is 9.97 Å². The molecule has 4 rings (SSSR count). The SMILES string of the molecule is O=C(c1cccnc1-c1ccncc1)N1CCC(O)(Cc2ccc(F)cc2F)CC1. The van der Waals surface area contributed by atoms with Gasteiger partial charge in [-0.25, -0.2) is 8.78 Å². The summed E-state index contributed by atoms with van der Waals surface area (Å²) in [7, 11) is 0. The number of amides is 1. The van der Waals surface area contributed by atoms with Gasteiger partial charge in [0.2, 0.25) is 0 Å². The summed E-state index contributed by atoms with van der Waals surface area (Å²) in [6, 6.07) is 10.4. The van der Waals surface area contributed by atoms with Crippen LogP contribution in [0, 0.1) is 11.6 Å². The van der Waals surface area contributed by atoms with E-state index in [1.165, 1.54) is 12.1 Å². The smallest absolute Gasteiger partial charge is 0.256 e. The lowest BCUT2D eigenvalue weighted by Crippen LogP contribution is -2.48. The Bertz CT molecular complexity index is 1050. The Hall–Kier alpha value is -3.19. The Morgan fingerprint density at radius 2 is 1.80 bits per heavy atom. The van der Waals surface area contributed by atoms with Crippen LogP contribution in [0.1, 0.15) is 28.8 Å². The third-order valence-electron chi connectivity index (χ3n) is 5.51. The second kappa shape index (κ2) is 8.28. The number of hydrogen-bond acceptors (Lipinski definition) is 4. The predicted octanol–water partition coefficient (Wildman–Crippen LogP) is 3.63. The van der Waals surface area contributed by atoms with Gasteiger partial charge in [-0.15, -0.1) is 0 Å². The number of pyridine rings is 2. The minimum absolute atomic E-state index is 0.0797. The molecule has 5 nitrogen and oxygen atoms in total. The highest BCUT2D eigenvalue weighted by Gasteiger charge is 2.35. The van der Waals surface area contributed by atoms with Gasteiger partial charge in [0.05, 0.1) is 16.9 Å². The number of aromatic nitrogens is 2. The van der Waals surface area contributed by atoms with E-state index < -0.39 is 17.2 Å². The Morgan fingerprint density at radius 1 is 1.07 bits per heavy atom. The fourth-order valence-corrected chi connectivity index (χ4v) is 3.81. The molecule has 30 heavy (non-hydrogen) atoms. The number of piperidine rings is 1. The molecule has 3 heterocycles. The minimum atomic E-state index is -1.14. The number of nitrogens with zero attached hydrogens (tertiary/aromatic N) is 3. The average molecular weight is 409 g/mol. The van der Waals surface area contributed by atoms with E-state index in [9.17, 15) is 18.7 Å². The first kappa shape index (κ1) is 20.1. The van der Waals surface area contributed by atoms with E-state index in [4.69, 9.17) is 0 Å². The van der Waals surface area contributed by atoms with Crippen molar-refractivity contribution in [1.82, 2.24) is 14.9 Å². The van der Waals surface area contributed by atoms with Crippen LogP contribution in [0.5, 0.6) is 0 Å². The van der Waals surface area contributed by atoms with Crippen LogP contribution in [-0.2, 0) is 6.42 Å². The topological polar surface area (TPSA) is 66.3 Å². The number of likely N-dealkylation sites (tertiary alicyclic amines) is 1. The molecule has 0 saturated carbocycles. The van der Waals surface area contributed by atoms with Gasteiger partial charge in [-0.05, 0) is 48.7 Å². The molecule has 1 saturated heterocycles. The normalized spacial score (nSPS) is 15.8. The van der Waals surface area contributed by atoms with E-state index >= 15 is 0 Å². The summed E-state index contributed by atoms with van der Waals surface area (Å²) in [6.45, 7) is 0.672. The second-order valence-corrected chi connectivity index (χ2v) is 7.56. The van der Waals surface area contributed by atoms with Gasteiger partial charge in [0.1, 0.15) is 11.6 Å². The van der Waals surface area contributed by atoms with Crippen molar-refractivity contribution in [2.75, 3.05) is 13.1 Å². The number of hydrogen-bond donors (Lipinski definition) is 1. The maximum atomic E-state index is 14.0. The average Bonchev–Trinajstić information content (AvgIpc) is 2.76. The number of carbonyl (C=O) groups is 1. The van der Waals surface area contributed by atoms with Crippen molar-refractivity contribution >= 4 is 5.91 Å². The summed E-state index contributed by atoms with van der Waals surface area (Å²) in [6.07, 6.45) is 5.62. The maximum absolute atomic E-state index is 14.0. The fourth-order valence-electron chi connectivity index (χ4n) is 3.81. The number of benzene rings is 1. The van der Waals surface area contributed by atoms with Crippen molar-refractivity contribution in [3.8, 4) is 11.3 Å². The van der Waals surface area contributed by atoms with Crippen molar-refractivity contribution in [2.45, 2.75) is 24.9 Å². The third-order valence-corrected chi connectivity index (χ3v) is 5.51. The minimum Gasteiger partial charge on any atom is -0.389 e. The van der Waals surface area contributed by atoms with Crippen molar-refractivity contribution in [3.05, 3.63) is 83.8 Å². The molecule has 1 fully saturated rings. The van der Waals surface area contributed by atoms with Crippen LogP contribution in [0.3, 0.4) is 0 Å². The van der Waals surface area contributed by atoms with E-state index in [0.29, 0.717) is 37.2 Å². The molecular weight excluding hydrogens is 388 g/mol. The molecular formula is C23H21F2N3O2. The first-order chi connectivity index (χ1) is 14.5. The molecule has 2 aromatic heterocycles. The van der Waals surface area contributed by atoms with Crippen molar-refractivity contribution in [3.63, 3.8) is 0 Å². The molecule has 7 heteroatoms. The Labute approximate surface area is 173 Å². The van der Waals surface area contributed by atoms with Crippen molar-refractivity contribution in [1.29, 1.82) is 0 Å². The van der Waals surface area contributed by atoms with Gasteiger partial charge < -0.3 is 10.0 Å². The molecule has 3 aromatic rings. The molecule has 0 atom stereocenters. The molecule has 0 aliphatic carbocycles. The van der Waals surface area contributed by atoms with Gasteiger partial charge in [0, 0.05) is 49.7 Å². The zero-order valence-corrected chi connectivity index (χ0v) is 16.3. The molecule has 154 valence electrons. The number of rotatable bonds is 4. The summed E-state index contributed by atoms with van der Waals surface area (Å²) in [5.41, 5.74) is 0.996. The van der Waals surface area contributed by atoms with Crippen LogP contribution in [0.2, 0.25) is 0 Å². The van der Waals surface area contributed by atoms with Crippen molar-refractivity contribution < 1.29 is 18.7 Å². The molecule has 1 N–H and O–H groups in total. The summed E-state index contributed by atoms with van der Waals surface area (Å²) in [5, 5.41) is 10.9. The summed E-state index contributed by atoms with van der Waals surface area (Å²) >= 11 is 0. The molecule has 1 aromatic carbocycles. The molecule has 1 amide bonds. The highest BCUT2D eigenvalue weighted by atomic mass is 19.1. The number of halogens is 2. The van der Waals surface area contributed by atoms with Gasteiger partial charge in [-0.3, -0.25) is 14.8 Å². The quantitative estimate of drug-likeness (QED) is 0.715. The van der Waals surface area contributed by atoms with E-state index in [0.717, 1.165) is 11.6 Å². The van der Waals surface area contributed by atoms with Crippen LogP contribution >= 0.6 is 0 Å². The lowest BCUT2D eigenvalue weighted by molar-refractivity contribution is -0.0167. The zero-order chi connectivity index (χ0) is 21.1. The largest absolute Gasteiger partial charge is 0.389 e. The first-order valence-electron chi connectivity index (χ1n) is 9.76. The summed E-state index contributed by atoms with van der Waals surface area (Å²) in [5.74, 6) is -1.48.